The van der Waals surface area contributed by atoms with Crippen LogP contribution >= 0.6 is 0 Å². The van der Waals surface area contributed by atoms with Crippen LogP contribution < -0.4 is 5.32 Å². The third-order valence-electron chi connectivity index (χ3n) is 3.86. The Hall–Kier alpha value is -2.81. The van der Waals surface area contributed by atoms with E-state index in [1.54, 1.807) is 6.07 Å². The van der Waals surface area contributed by atoms with Crippen molar-refractivity contribution in [2.24, 2.45) is 0 Å². The molecule has 0 spiro atoms. The summed E-state index contributed by atoms with van der Waals surface area (Å²) in [6.45, 7) is 5.79. The quantitative estimate of drug-likeness (QED) is 0.729. The first-order valence-electron chi connectivity index (χ1n) is 7.59. The minimum Gasteiger partial charge on any atom is -0.461 e. The minimum absolute atomic E-state index is 0.151. The van der Waals surface area contributed by atoms with Crippen LogP contribution in [0.2, 0.25) is 0 Å². The van der Waals surface area contributed by atoms with Crippen LogP contribution in [0.4, 0.5) is 5.69 Å². The lowest BCUT2D eigenvalue weighted by Gasteiger charge is -2.08. The van der Waals surface area contributed by atoms with Crippen LogP contribution in [0.25, 0.3) is 11.3 Å². The maximum atomic E-state index is 12.6. The summed E-state index contributed by atoms with van der Waals surface area (Å²) < 4.78 is 5.75. The van der Waals surface area contributed by atoms with Crippen molar-refractivity contribution in [1.82, 2.24) is 0 Å². The monoisotopic (exact) mass is 305 g/mol. The highest BCUT2D eigenvalue weighted by Gasteiger charge is 2.16. The van der Waals surface area contributed by atoms with E-state index in [4.69, 9.17) is 4.42 Å². The second-order valence-corrected chi connectivity index (χ2v) is 5.72. The Morgan fingerprint density at radius 1 is 0.957 bits per heavy atom. The van der Waals surface area contributed by atoms with Crippen LogP contribution in [0.1, 0.15) is 27.2 Å². The Morgan fingerprint density at radius 3 is 2.43 bits per heavy atom. The van der Waals surface area contributed by atoms with Crippen molar-refractivity contribution in [3.63, 3.8) is 0 Å². The second-order valence-electron chi connectivity index (χ2n) is 5.72. The molecule has 0 fully saturated rings. The molecule has 0 bridgehead atoms. The number of carbonyl (C=O) groups is 1. The van der Waals surface area contributed by atoms with Crippen LogP contribution in [0.3, 0.4) is 0 Å². The van der Waals surface area contributed by atoms with Gasteiger partial charge in [-0.1, -0.05) is 42.5 Å². The molecule has 0 aliphatic heterocycles. The number of nitrogens with one attached hydrogen (secondary N) is 1. The fourth-order valence-electron chi connectivity index (χ4n) is 2.51. The van der Waals surface area contributed by atoms with Gasteiger partial charge in [0.15, 0.2) is 0 Å². The fraction of sp³-hybridized carbons (Fsp3) is 0.150. The standard InChI is InChI=1S/C20H19NO2/c1-13-9-10-14(2)18(11-13)21-20(22)17-12-19(23-15(17)3)16-7-5-4-6-8-16/h4-12H,1-3H3,(H,21,22). The topological polar surface area (TPSA) is 42.2 Å². The summed E-state index contributed by atoms with van der Waals surface area (Å²) in [6.07, 6.45) is 0. The molecule has 0 aliphatic rings. The van der Waals surface area contributed by atoms with Gasteiger partial charge in [-0.05, 0) is 44.0 Å². The van der Waals surface area contributed by atoms with Crippen molar-refractivity contribution in [3.8, 4) is 11.3 Å². The van der Waals surface area contributed by atoms with Gasteiger partial charge in [-0.25, -0.2) is 0 Å². The molecule has 1 aromatic heterocycles. The first-order chi connectivity index (χ1) is 11.0. The van der Waals surface area contributed by atoms with E-state index in [9.17, 15) is 4.79 Å². The number of anilines is 1. The molecule has 23 heavy (non-hydrogen) atoms. The normalized spacial score (nSPS) is 10.6. The minimum atomic E-state index is -0.151. The van der Waals surface area contributed by atoms with Crippen molar-refractivity contribution < 1.29 is 9.21 Å². The number of hydrogen-bond acceptors (Lipinski definition) is 2. The van der Waals surface area contributed by atoms with Crippen molar-refractivity contribution >= 4 is 11.6 Å². The lowest BCUT2D eigenvalue weighted by Crippen LogP contribution is -2.13. The van der Waals surface area contributed by atoms with Crippen molar-refractivity contribution in [2.45, 2.75) is 20.8 Å². The van der Waals surface area contributed by atoms with Gasteiger partial charge < -0.3 is 9.73 Å². The maximum Gasteiger partial charge on any atom is 0.259 e. The predicted molar refractivity (Wildman–Crippen MR) is 92.8 cm³/mol. The molecule has 0 saturated carbocycles. The van der Waals surface area contributed by atoms with Gasteiger partial charge in [0.05, 0.1) is 5.56 Å². The van der Waals surface area contributed by atoms with E-state index in [1.807, 2.05) is 69.3 Å². The number of aryl methyl sites for hydroxylation is 3. The molecule has 2 aromatic carbocycles. The molecule has 1 amide bonds. The summed E-state index contributed by atoms with van der Waals surface area (Å²) in [5, 5.41) is 2.97. The Balaban J connectivity index is 1.88. The van der Waals surface area contributed by atoms with E-state index in [0.29, 0.717) is 17.1 Å². The van der Waals surface area contributed by atoms with Gasteiger partial charge in [0.1, 0.15) is 11.5 Å². The van der Waals surface area contributed by atoms with Gasteiger partial charge in [-0.2, -0.15) is 0 Å². The number of hydrogen-bond donors (Lipinski definition) is 1. The molecule has 1 heterocycles. The molecule has 3 nitrogen and oxygen atoms in total. The molecular formula is C20H19NO2. The maximum absolute atomic E-state index is 12.6. The Kier molecular flexibility index (Phi) is 4.02. The van der Waals surface area contributed by atoms with Crippen molar-refractivity contribution in [3.05, 3.63) is 77.0 Å². The molecule has 3 aromatic rings. The summed E-state index contributed by atoms with van der Waals surface area (Å²) in [7, 11) is 0. The molecule has 3 rings (SSSR count). The SMILES string of the molecule is Cc1ccc(C)c(NC(=O)c2cc(-c3ccccc3)oc2C)c1. The molecule has 116 valence electrons. The number of carbonyl (C=O) groups excluding carboxylic acids is 1. The predicted octanol–water partition coefficient (Wildman–Crippen LogP) is 5.12. The lowest BCUT2D eigenvalue weighted by atomic mass is 10.1. The van der Waals surface area contributed by atoms with Crippen molar-refractivity contribution in [2.75, 3.05) is 5.32 Å². The number of furan rings is 1. The number of benzene rings is 2. The third-order valence-corrected chi connectivity index (χ3v) is 3.86. The van der Waals surface area contributed by atoms with Crippen LogP contribution in [-0.2, 0) is 0 Å². The first kappa shape index (κ1) is 15.1. The average molecular weight is 305 g/mol. The molecule has 3 heteroatoms. The zero-order valence-electron chi connectivity index (χ0n) is 13.5. The molecule has 0 saturated heterocycles. The van der Waals surface area contributed by atoms with Gasteiger partial charge >= 0.3 is 0 Å². The summed E-state index contributed by atoms with van der Waals surface area (Å²) in [6, 6.07) is 17.6. The van der Waals surface area contributed by atoms with E-state index >= 15 is 0 Å². The Morgan fingerprint density at radius 2 is 1.70 bits per heavy atom. The molecule has 0 aliphatic carbocycles. The van der Waals surface area contributed by atoms with Gasteiger partial charge in [-0.15, -0.1) is 0 Å². The number of rotatable bonds is 3. The van der Waals surface area contributed by atoms with E-state index < -0.39 is 0 Å². The van der Waals surface area contributed by atoms with Crippen LogP contribution in [0.15, 0.2) is 59.0 Å². The molecule has 0 radical (unpaired) electrons. The Bertz CT molecular complexity index is 847. The molecule has 0 unspecified atom stereocenters. The van der Waals surface area contributed by atoms with Gasteiger partial charge in [0.2, 0.25) is 0 Å². The molecule has 0 atom stereocenters. The third kappa shape index (κ3) is 3.19. The highest BCUT2D eigenvalue weighted by atomic mass is 16.3. The van der Waals surface area contributed by atoms with E-state index in [2.05, 4.69) is 5.32 Å². The summed E-state index contributed by atoms with van der Waals surface area (Å²) in [5.41, 5.74) is 4.50. The van der Waals surface area contributed by atoms with Crippen LogP contribution in [0, 0.1) is 20.8 Å². The zero-order valence-corrected chi connectivity index (χ0v) is 13.5. The van der Waals surface area contributed by atoms with Crippen LogP contribution in [0.5, 0.6) is 0 Å². The van der Waals surface area contributed by atoms with Gasteiger partial charge in [-0.3, -0.25) is 4.79 Å². The van der Waals surface area contributed by atoms with E-state index in [0.717, 1.165) is 22.4 Å². The van der Waals surface area contributed by atoms with Crippen LogP contribution in [-0.4, -0.2) is 5.91 Å². The second kappa shape index (κ2) is 6.13. The average Bonchev–Trinajstić information content (AvgIpc) is 2.94. The highest BCUT2D eigenvalue weighted by Crippen LogP contribution is 2.26. The summed E-state index contributed by atoms with van der Waals surface area (Å²) in [5.74, 6) is 1.17. The van der Waals surface area contributed by atoms with E-state index in [-0.39, 0.29) is 5.91 Å². The highest BCUT2D eigenvalue weighted by molar-refractivity contribution is 6.06. The largest absolute Gasteiger partial charge is 0.461 e. The first-order valence-corrected chi connectivity index (χ1v) is 7.59. The zero-order chi connectivity index (χ0) is 16.4. The summed E-state index contributed by atoms with van der Waals surface area (Å²) in [4.78, 5) is 12.6. The fourth-order valence-corrected chi connectivity index (χ4v) is 2.51. The molecular weight excluding hydrogens is 286 g/mol. The van der Waals surface area contributed by atoms with Gasteiger partial charge in [0.25, 0.3) is 5.91 Å². The molecule has 1 N–H and O–H groups in total. The lowest BCUT2D eigenvalue weighted by molar-refractivity contribution is 0.102. The Labute approximate surface area is 136 Å². The smallest absolute Gasteiger partial charge is 0.259 e. The van der Waals surface area contributed by atoms with E-state index in [1.165, 1.54) is 0 Å². The number of amides is 1. The summed E-state index contributed by atoms with van der Waals surface area (Å²) >= 11 is 0. The van der Waals surface area contributed by atoms with Gasteiger partial charge in [0, 0.05) is 11.3 Å². The van der Waals surface area contributed by atoms with Crippen molar-refractivity contribution in [1.29, 1.82) is 0 Å².